The van der Waals surface area contributed by atoms with Gasteiger partial charge < -0.3 is 10.5 Å². The van der Waals surface area contributed by atoms with Gasteiger partial charge in [-0.15, -0.1) is 0 Å². The quantitative estimate of drug-likeness (QED) is 0.925. The molecule has 0 spiro atoms. The van der Waals surface area contributed by atoms with Crippen molar-refractivity contribution in [2.75, 3.05) is 0 Å². The molecule has 0 aliphatic carbocycles. The van der Waals surface area contributed by atoms with E-state index >= 15 is 0 Å². The van der Waals surface area contributed by atoms with Gasteiger partial charge in [0, 0.05) is 18.3 Å². The topological polar surface area (TPSA) is 48.1 Å². The second-order valence-corrected chi connectivity index (χ2v) is 5.13. The minimum Gasteiger partial charge on any atom is -0.437 e. The van der Waals surface area contributed by atoms with Crippen molar-refractivity contribution in [1.82, 2.24) is 4.98 Å². The third kappa shape index (κ3) is 3.83. The maximum absolute atomic E-state index is 6.04. The van der Waals surface area contributed by atoms with Crippen LogP contribution in [0.2, 0.25) is 10.0 Å². The average Bonchev–Trinajstić information content (AvgIpc) is 2.37. The summed E-state index contributed by atoms with van der Waals surface area (Å²) in [6.07, 6.45) is 2.53. The van der Waals surface area contributed by atoms with Crippen LogP contribution < -0.4 is 10.5 Å². The lowest BCUT2D eigenvalue weighted by Gasteiger charge is -2.09. The van der Waals surface area contributed by atoms with E-state index in [0.717, 1.165) is 12.0 Å². The molecule has 0 aliphatic rings. The van der Waals surface area contributed by atoms with Crippen LogP contribution in [0.5, 0.6) is 11.6 Å². The molecule has 1 aromatic carbocycles. The minimum absolute atomic E-state index is 0.107. The first-order chi connectivity index (χ1) is 9.06. The number of rotatable bonds is 4. The van der Waals surface area contributed by atoms with Gasteiger partial charge in [0.15, 0.2) is 0 Å². The molecule has 1 aromatic heterocycles. The maximum atomic E-state index is 6.04. The molecular formula is C14H14Cl2N2O. The molecular weight excluding hydrogens is 283 g/mol. The second kappa shape index (κ2) is 6.24. The first kappa shape index (κ1) is 14.1. The summed E-state index contributed by atoms with van der Waals surface area (Å²) in [4.78, 5) is 4.22. The number of halogens is 2. The molecule has 0 radical (unpaired) electrons. The molecule has 2 aromatic rings. The van der Waals surface area contributed by atoms with Gasteiger partial charge in [-0.2, -0.15) is 0 Å². The van der Waals surface area contributed by atoms with Gasteiger partial charge in [-0.05, 0) is 31.0 Å². The van der Waals surface area contributed by atoms with E-state index in [1.807, 2.05) is 13.0 Å². The Balaban J connectivity index is 2.13. The van der Waals surface area contributed by atoms with Gasteiger partial charge in [-0.1, -0.05) is 35.3 Å². The van der Waals surface area contributed by atoms with E-state index in [9.17, 15) is 0 Å². The molecule has 0 aliphatic heterocycles. The van der Waals surface area contributed by atoms with Crippen LogP contribution in [0.25, 0.3) is 0 Å². The molecule has 100 valence electrons. The molecule has 0 saturated heterocycles. The highest BCUT2D eigenvalue weighted by Gasteiger charge is 2.07. The fraction of sp³-hybridized carbons (Fsp3) is 0.214. The Hall–Kier alpha value is -1.29. The third-order valence-electron chi connectivity index (χ3n) is 2.49. The molecule has 0 amide bonds. The number of benzene rings is 1. The van der Waals surface area contributed by atoms with Gasteiger partial charge >= 0.3 is 0 Å². The summed E-state index contributed by atoms with van der Waals surface area (Å²) in [5.41, 5.74) is 6.80. The summed E-state index contributed by atoms with van der Waals surface area (Å²) in [5.74, 6) is 0.958. The van der Waals surface area contributed by atoms with Crippen LogP contribution in [-0.2, 0) is 6.42 Å². The minimum atomic E-state index is 0.107. The molecule has 19 heavy (non-hydrogen) atoms. The zero-order valence-electron chi connectivity index (χ0n) is 10.4. The van der Waals surface area contributed by atoms with E-state index in [-0.39, 0.29) is 6.04 Å². The number of nitrogens with zero attached hydrogens (tertiary/aromatic N) is 1. The molecule has 5 heteroatoms. The van der Waals surface area contributed by atoms with Crippen molar-refractivity contribution in [3.63, 3.8) is 0 Å². The Morgan fingerprint density at radius 2 is 2.05 bits per heavy atom. The number of ether oxygens (including phenoxy) is 1. The molecule has 2 rings (SSSR count). The lowest BCUT2D eigenvalue weighted by molar-refractivity contribution is 0.462. The summed E-state index contributed by atoms with van der Waals surface area (Å²) in [7, 11) is 0. The predicted octanol–water partition coefficient (Wildman–Crippen LogP) is 4.07. The Kier molecular flexibility index (Phi) is 4.64. The Morgan fingerprint density at radius 3 is 2.68 bits per heavy atom. The normalized spacial score (nSPS) is 12.2. The van der Waals surface area contributed by atoms with E-state index < -0.39 is 0 Å². The first-order valence-corrected chi connectivity index (χ1v) is 6.64. The zero-order chi connectivity index (χ0) is 13.8. The molecule has 1 unspecified atom stereocenters. The summed E-state index contributed by atoms with van der Waals surface area (Å²) >= 11 is 12.0. The van der Waals surface area contributed by atoms with Crippen LogP contribution in [-0.4, -0.2) is 11.0 Å². The Bertz CT molecular complexity index is 556. The lowest BCUT2D eigenvalue weighted by atomic mass is 10.1. The van der Waals surface area contributed by atoms with Gasteiger partial charge in [0.1, 0.15) is 10.8 Å². The Labute approximate surface area is 122 Å². The molecule has 3 nitrogen and oxygen atoms in total. The molecule has 1 atom stereocenters. The van der Waals surface area contributed by atoms with E-state index in [1.54, 1.807) is 30.5 Å². The zero-order valence-corrected chi connectivity index (χ0v) is 11.9. The van der Waals surface area contributed by atoms with E-state index in [4.69, 9.17) is 33.7 Å². The van der Waals surface area contributed by atoms with E-state index in [2.05, 4.69) is 4.98 Å². The van der Waals surface area contributed by atoms with Crippen LogP contribution in [0.15, 0.2) is 36.5 Å². The predicted molar refractivity (Wildman–Crippen MR) is 78.1 cm³/mol. The summed E-state index contributed by atoms with van der Waals surface area (Å²) in [6, 6.07) is 9.05. The lowest BCUT2D eigenvalue weighted by Crippen LogP contribution is -2.17. The number of hydrogen-bond acceptors (Lipinski definition) is 3. The van der Waals surface area contributed by atoms with Crippen LogP contribution in [0.3, 0.4) is 0 Å². The summed E-state index contributed by atoms with van der Waals surface area (Å²) < 4.78 is 5.59. The summed E-state index contributed by atoms with van der Waals surface area (Å²) in [5, 5.41) is 0.832. The number of aromatic nitrogens is 1. The largest absolute Gasteiger partial charge is 0.437 e. The number of pyridine rings is 1. The summed E-state index contributed by atoms with van der Waals surface area (Å²) in [6.45, 7) is 1.95. The van der Waals surface area contributed by atoms with Gasteiger partial charge in [-0.3, -0.25) is 0 Å². The third-order valence-corrected chi connectivity index (χ3v) is 3.29. The highest BCUT2D eigenvalue weighted by Crippen LogP contribution is 2.33. The van der Waals surface area contributed by atoms with E-state index in [0.29, 0.717) is 21.7 Å². The van der Waals surface area contributed by atoms with Crippen molar-refractivity contribution < 1.29 is 4.74 Å². The highest BCUT2D eigenvalue weighted by molar-refractivity contribution is 6.42. The van der Waals surface area contributed by atoms with Crippen molar-refractivity contribution in [2.24, 2.45) is 5.73 Å². The van der Waals surface area contributed by atoms with Gasteiger partial charge in [0.2, 0.25) is 5.88 Å². The molecule has 0 fully saturated rings. The molecule has 0 saturated carbocycles. The number of hydrogen-bond donors (Lipinski definition) is 1. The van der Waals surface area contributed by atoms with Gasteiger partial charge in [0.25, 0.3) is 0 Å². The fourth-order valence-corrected chi connectivity index (χ4v) is 1.97. The molecule has 2 N–H and O–H groups in total. The standard InChI is InChI=1S/C14H14Cl2N2O/c1-9(17)7-10-5-6-13(18-8-10)19-12-4-2-3-11(15)14(12)16/h2-6,8-9H,7,17H2,1H3. The second-order valence-electron chi connectivity index (χ2n) is 4.34. The van der Waals surface area contributed by atoms with Crippen LogP contribution >= 0.6 is 23.2 Å². The van der Waals surface area contributed by atoms with Gasteiger partial charge in [-0.25, -0.2) is 4.98 Å². The van der Waals surface area contributed by atoms with E-state index in [1.165, 1.54) is 0 Å². The average molecular weight is 297 g/mol. The van der Waals surface area contributed by atoms with Crippen molar-refractivity contribution in [3.8, 4) is 11.6 Å². The SMILES string of the molecule is CC(N)Cc1ccc(Oc2cccc(Cl)c2Cl)nc1. The number of nitrogens with two attached hydrogens (primary N) is 1. The molecule has 0 bridgehead atoms. The first-order valence-electron chi connectivity index (χ1n) is 5.88. The fourth-order valence-electron chi connectivity index (χ4n) is 1.64. The Morgan fingerprint density at radius 1 is 1.26 bits per heavy atom. The van der Waals surface area contributed by atoms with Crippen LogP contribution in [0, 0.1) is 0 Å². The van der Waals surface area contributed by atoms with Crippen molar-refractivity contribution in [2.45, 2.75) is 19.4 Å². The molecule has 1 heterocycles. The van der Waals surface area contributed by atoms with Gasteiger partial charge in [0.05, 0.1) is 5.02 Å². The maximum Gasteiger partial charge on any atom is 0.219 e. The van der Waals surface area contributed by atoms with Crippen molar-refractivity contribution in [3.05, 3.63) is 52.1 Å². The van der Waals surface area contributed by atoms with Crippen LogP contribution in [0.1, 0.15) is 12.5 Å². The monoisotopic (exact) mass is 296 g/mol. The smallest absolute Gasteiger partial charge is 0.219 e. The van der Waals surface area contributed by atoms with Crippen molar-refractivity contribution >= 4 is 23.2 Å². The van der Waals surface area contributed by atoms with Crippen molar-refractivity contribution in [1.29, 1.82) is 0 Å². The van der Waals surface area contributed by atoms with Crippen LogP contribution in [0.4, 0.5) is 0 Å². The highest BCUT2D eigenvalue weighted by atomic mass is 35.5.